The molecule has 11 heteroatoms. The number of benzene rings is 3. The minimum atomic E-state index is -3.67. The minimum Gasteiger partial charge on any atom is -0.443 e. The number of ether oxygens (including phenoxy) is 1. The number of hydrogen-bond donors (Lipinski definition) is 2. The number of nitrogens with zero attached hydrogens (tertiary/aromatic N) is 3. The molecule has 36 heavy (non-hydrogen) atoms. The first-order chi connectivity index (χ1) is 17.0. The van der Waals surface area contributed by atoms with E-state index in [0.717, 1.165) is 10.8 Å². The number of likely N-dealkylation sites (N-methyl/N-ethyl adjacent to an activating group) is 2. The van der Waals surface area contributed by atoms with E-state index in [1.54, 1.807) is 67.7 Å². The molecule has 9 nitrogen and oxygen atoms in total. The molecule has 4 rings (SSSR count). The third-order valence-electron chi connectivity index (χ3n) is 6.16. The highest BCUT2D eigenvalue weighted by atomic mass is 35.5. The molecule has 0 aliphatic carbocycles. The van der Waals surface area contributed by atoms with E-state index in [0.29, 0.717) is 35.9 Å². The monoisotopic (exact) mass is 529 g/mol. The predicted molar refractivity (Wildman–Crippen MR) is 141 cm³/mol. The standard InChI is InChI=1S/C25H28ClN5O4S/c1-29(15-22-16-31(25(32)35-22)21-8-4-17(5-9-21)24(27)28)11-12-30(2)36(33,34)23-10-6-18-13-20(26)7-3-19(18)14-23/h3-10,13-14,22H,11-12,15-16H2,1-2H3,(H3,27,28). The van der Waals surface area contributed by atoms with Crippen LogP contribution in [0.25, 0.3) is 10.8 Å². The zero-order chi connectivity index (χ0) is 26.0. The number of nitrogen functional groups attached to an aromatic ring is 1. The normalized spacial score (nSPS) is 16.2. The van der Waals surface area contributed by atoms with Crippen molar-refractivity contribution in [1.29, 1.82) is 5.41 Å². The number of rotatable bonds is 9. The van der Waals surface area contributed by atoms with Crippen LogP contribution in [0.2, 0.25) is 5.02 Å². The summed E-state index contributed by atoms with van der Waals surface area (Å²) in [5.74, 6) is -0.0393. The molecule has 3 aromatic rings. The molecule has 190 valence electrons. The Kier molecular flexibility index (Phi) is 7.51. The second-order valence-corrected chi connectivity index (χ2v) is 11.3. The Bertz CT molecular complexity index is 1400. The van der Waals surface area contributed by atoms with Gasteiger partial charge < -0.3 is 15.4 Å². The number of carbonyl (C=O) groups excluding carboxylic acids is 1. The Morgan fingerprint density at radius 1 is 1.08 bits per heavy atom. The number of nitrogens with one attached hydrogen (secondary N) is 1. The molecule has 1 atom stereocenters. The highest BCUT2D eigenvalue weighted by molar-refractivity contribution is 7.89. The summed E-state index contributed by atoms with van der Waals surface area (Å²) in [6.45, 7) is 1.56. The molecular weight excluding hydrogens is 502 g/mol. The lowest BCUT2D eigenvalue weighted by molar-refractivity contribution is 0.116. The number of sulfonamides is 1. The SMILES string of the molecule is CN(CCN(C)S(=O)(=O)c1ccc2cc(Cl)ccc2c1)CC1CN(c2ccc(C(=N)N)cc2)C(=O)O1. The largest absolute Gasteiger partial charge is 0.443 e. The first-order valence-electron chi connectivity index (χ1n) is 11.3. The lowest BCUT2D eigenvalue weighted by atomic mass is 10.1. The first kappa shape index (κ1) is 25.9. The molecule has 1 amide bonds. The van der Waals surface area contributed by atoms with Crippen molar-refractivity contribution in [3.8, 4) is 0 Å². The van der Waals surface area contributed by atoms with Gasteiger partial charge in [-0.05, 0) is 66.4 Å². The second kappa shape index (κ2) is 10.4. The van der Waals surface area contributed by atoms with Crippen molar-refractivity contribution in [2.45, 2.75) is 11.0 Å². The number of cyclic esters (lactones) is 1. The number of fused-ring (bicyclic) bond motifs is 1. The first-order valence-corrected chi connectivity index (χ1v) is 13.1. The molecule has 1 saturated heterocycles. The van der Waals surface area contributed by atoms with Gasteiger partial charge in [-0.1, -0.05) is 23.7 Å². The van der Waals surface area contributed by atoms with E-state index >= 15 is 0 Å². The van der Waals surface area contributed by atoms with Gasteiger partial charge in [-0.3, -0.25) is 10.3 Å². The maximum Gasteiger partial charge on any atom is 0.414 e. The summed E-state index contributed by atoms with van der Waals surface area (Å²) in [5.41, 5.74) is 6.73. The number of amidine groups is 1. The molecule has 0 saturated carbocycles. The quantitative estimate of drug-likeness (QED) is 0.324. The van der Waals surface area contributed by atoms with Crippen molar-refractivity contribution < 1.29 is 17.9 Å². The lowest BCUT2D eigenvalue weighted by Gasteiger charge is -2.23. The van der Waals surface area contributed by atoms with Gasteiger partial charge in [0.15, 0.2) is 0 Å². The van der Waals surface area contributed by atoms with Crippen molar-refractivity contribution in [2.24, 2.45) is 5.73 Å². The van der Waals surface area contributed by atoms with Gasteiger partial charge in [0.1, 0.15) is 11.9 Å². The summed E-state index contributed by atoms with van der Waals surface area (Å²) in [5, 5.41) is 9.75. The van der Waals surface area contributed by atoms with Crippen LogP contribution in [-0.2, 0) is 14.8 Å². The number of amides is 1. The van der Waals surface area contributed by atoms with Gasteiger partial charge in [0.05, 0.1) is 11.4 Å². The molecular formula is C25H28ClN5O4S. The van der Waals surface area contributed by atoms with Crippen LogP contribution >= 0.6 is 11.6 Å². The van der Waals surface area contributed by atoms with Crippen LogP contribution in [0, 0.1) is 5.41 Å². The summed E-state index contributed by atoms with van der Waals surface area (Å²) in [4.78, 5) is 16.1. The van der Waals surface area contributed by atoms with Gasteiger partial charge >= 0.3 is 6.09 Å². The summed E-state index contributed by atoms with van der Waals surface area (Å²) in [7, 11) is -0.258. The van der Waals surface area contributed by atoms with Gasteiger partial charge in [-0.2, -0.15) is 4.31 Å². The molecule has 0 radical (unpaired) electrons. The van der Waals surface area contributed by atoms with E-state index < -0.39 is 16.1 Å². The number of carbonyl (C=O) groups is 1. The fourth-order valence-electron chi connectivity index (χ4n) is 4.05. The van der Waals surface area contributed by atoms with E-state index in [4.69, 9.17) is 27.5 Å². The zero-order valence-corrected chi connectivity index (χ0v) is 21.6. The third-order valence-corrected chi connectivity index (χ3v) is 8.25. The van der Waals surface area contributed by atoms with Crippen molar-refractivity contribution in [1.82, 2.24) is 9.21 Å². The van der Waals surface area contributed by atoms with E-state index in [9.17, 15) is 13.2 Å². The van der Waals surface area contributed by atoms with Gasteiger partial charge in [0.2, 0.25) is 10.0 Å². The number of hydrogen-bond acceptors (Lipinski definition) is 6. The topological polar surface area (TPSA) is 120 Å². The summed E-state index contributed by atoms with van der Waals surface area (Å²) >= 11 is 6.02. The lowest BCUT2D eigenvalue weighted by Crippen LogP contribution is -2.38. The molecule has 0 bridgehead atoms. The van der Waals surface area contributed by atoms with Gasteiger partial charge in [-0.15, -0.1) is 0 Å². The number of anilines is 1. The summed E-state index contributed by atoms with van der Waals surface area (Å²) < 4.78 is 33.0. The number of nitrogens with two attached hydrogens (primary N) is 1. The van der Waals surface area contributed by atoms with Crippen LogP contribution in [0.15, 0.2) is 65.6 Å². The molecule has 0 spiro atoms. The fraction of sp³-hybridized carbons (Fsp3) is 0.280. The van der Waals surface area contributed by atoms with Crippen LogP contribution in [0.5, 0.6) is 0 Å². The fourth-order valence-corrected chi connectivity index (χ4v) is 5.43. The molecule has 1 unspecified atom stereocenters. The van der Waals surface area contributed by atoms with Crippen LogP contribution < -0.4 is 10.6 Å². The minimum absolute atomic E-state index is 0.0393. The number of halogens is 1. The second-order valence-electron chi connectivity index (χ2n) is 8.82. The third kappa shape index (κ3) is 5.62. The van der Waals surface area contributed by atoms with Crippen molar-refractivity contribution in [3.05, 3.63) is 71.2 Å². The van der Waals surface area contributed by atoms with E-state index in [1.165, 1.54) is 9.21 Å². The van der Waals surface area contributed by atoms with Gasteiger partial charge in [-0.25, -0.2) is 13.2 Å². The molecule has 1 aliphatic heterocycles. The van der Waals surface area contributed by atoms with Crippen molar-refractivity contribution in [3.63, 3.8) is 0 Å². The Balaban J connectivity index is 1.33. The molecule has 0 aromatic heterocycles. The Labute approximate surface area is 215 Å². The molecule has 1 heterocycles. The van der Waals surface area contributed by atoms with Gasteiger partial charge in [0, 0.05) is 43.0 Å². The maximum atomic E-state index is 13.1. The molecule has 1 aliphatic rings. The Morgan fingerprint density at radius 3 is 2.44 bits per heavy atom. The van der Waals surface area contributed by atoms with Crippen LogP contribution in [-0.4, -0.2) is 75.9 Å². The molecule has 3 N–H and O–H groups in total. The van der Waals surface area contributed by atoms with Gasteiger partial charge in [0.25, 0.3) is 0 Å². The molecule has 3 aromatic carbocycles. The molecule has 1 fully saturated rings. The maximum absolute atomic E-state index is 13.1. The highest BCUT2D eigenvalue weighted by Gasteiger charge is 2.33. The van der Waals surface area contributed by atoms with E-state index in [2.05, 4.69) is 0 Å². The average Bonchev–Trinajstić information content (AvgIpc) is 3.21. The average molecular weight is 530 g/mol. The Morgan fingerprint density at radius 2 is 1.75 bits per heavy atom. The van der Waals surface area contributed by atoms with Crippen LogP contribution in [0.3, 0.4) is 0 Å². The Hall–Kier alpha value is -3.18. The summed E-state index contributed by atoms with van der Waals surface area (Å²) in [6.07, 6.45) is -0.800. The van der Waals surface area contributed by atoms with Crippen molar-refractivity contribution >= 4 is 50.0 Å². The van der Waals surface area contributed by atoms with E-state index in [1.807, 2.05) is 11.9 Å². The predicted octanol–water partition coefficient (Wildman–Crippen LogP) is 3.35. The van der Waals surface area contributed by atoms with E-state index in [-0.39, 0.29) is 23.4 Å². The van der Waals surface area contributed by atoms with Crippen molar-refractivity contribution in [2.75, 3.05) is 45.2 Å². The zero-order valence-electron chi connectivity index (χ0n) is 20.0. The van der Waals surface area contributed by atoms with Crippen LogP contribution in [0.1, 0.15) is 5.56 Å². The highest BCUT2D eigenvalue weighted by Crippen LogP contribution is 2.25. The smallest absolute Gasteiger partial charge is 0.414 e. The summed E-state index contributed by atoms with van der Waals surface area (Å²) in [6, 6.07) is 17.1. The van der Waals surface area contributed by atoms with Crippen LogP contribution in [0.4, 0.5) is 10.5 Å².